The molecule has 9 nitrogen and oxygen atoms in total. The summed E-state index contributed by atoms with van der Waals surface area (Å²) < 4.78 is 65.9. The highest BCUT2D eigenvalue weighted by atomic mass is 32.2. The van der Waals surface area contributed by atoms with Gasteiger partial charge in [-0.3, -0.25) is 14.2 Å². The Morgan fingerprint density at radius 2 is 1.98 bits per heavy atom. The van der Waals surface area contributed by atoms with Crippen molar-refractivity contribution in [3.8, 4) is 11.1 Å². The van der Waals surface area contributed by atoms with E-state index in [0.29, 0.717) is 11.3 Å². The van der Waals surface area contributed by atoms with Crippen molar-refractivity contribution in [2.45, 2.75) is 17.1 Å². The number of nitrogens with one attached hydrogen (secondary N) is 1. The predicted molar refractivity (Wildman–Crippen MR) is 153 cm³/mol. The van der Waals surface area contributed by atoms with Crippen LogP contribution in [0.4, 0.5) is 23.4 Å². The fraction of sp³-hybridized carbons (Fsp3) is 0.333. The maximum absolute atomic E-state index is 14.9. The fourth-order valence-electron chi connectivity index (χ4n) is 5.62. The van der Waals surface area contributed by atoms with Crippen LogP contribution in [0.15, 0.2) is 45.3 Å². The van der Waals surface area contributed by atoms with E-state index in [4.69, 9.17) is 4.74 Å². The summed E-state index contributed by atoms with van der Waals surface area (Å²) in [6, 6.07) is 2.72. The smallest absolute Gasteiger partial charge is 0.383 e. The minimum atomic E-state index is -4.85. The number of hydrogen-bond acceptors (Lipinski definition) is 8. The molecule has 4 aromatic rings. The monoisotopic (exact) mass is 621 g/mol. The van der Waals surface area contributed by atoms with Crippen LogP contribution in [0.2, 0.25) is 0 Å². The second-order valence-corrected chi connectivity index (χ2v) is 11.9. The molecule has 1 atom stereocenters. The third-order valence-corrected chi connectivity index (χ3v) is 9.59. The Bertz CT molecular complexity index is 1880. The van der Waals surface area contributed by atoms with E-state index in [1.165, 1.54) is 23.8 Å². The molecule has 0 spiro atoms. The van der Waals surface area contributed by atoms with Gasteiger partial charge in [0.15, 0.2) is 0 Å². The van der Waals surface area contributed by atoms with Crippen molar-refractivity contribution in [1.82, 2.24) is 19.4 Å². The summed E-state index contributed by atoms with van der Waals surface area (Å²) in [5.41, 5.74) is -1.69. The van der Waals surface area contributed by atoms with Gasteiger partial charge in [-0.2, -0.15) is 18.2 Å². The lowest BCUT2D eigenvalue weighted by molar-refractivity contribution is -0.137. The van der Waals surface area contributed by atoms with E-state index in [9.17, 15) is 31.9 Å². The van der Waals surface area contributed by atoms with Crippen LogP contribution in [0.3, 0.4) is 0 Å². The Morgan fingerprint density at radius 1 is 1.24 bits per heavy atom. The molecule has 15 heteroatoms. The zero-order chi connectivity index (χ0) is 29.9. The Kier molecular flexibility index (Phi) is 7.14. The molecule has 2 aliphatic rings. The highest BCUT2D eigenvalue weighted by molar-refractivity contribution is 7.99. The number of methoxy groups -OCH3 is 1. The molecule has 220 valence electrons. The van der Waals surface area contributed by atoms with Gasteiger partial charge in [-0.25, -0.2) is 9.18 Å². The van der Waals surface area contributed by atoms with Crippen molar-refractivity contribution in [2.75, 3.05) is 50.5 Å². The van der Waals surface area contributed by atoms with Gasteiger partial charge in [-0.15, -0.1) is 11.8 Å². The molecular formula is C27H23F4N5O4S2. The first kappa shape index (κ1) is 28.4. The van der Waals surface area contributed by atoms with Gasteiger partial charge in [0.25, 0.3) is 0 Å². The number of rotatable bonds is 5. The average molecular weight is 622 g/mol. The number of aromatic nitrogens is 3. The summed E-state index contributed by atoms with van der Waals surface area (Å²) >= 11 is 1.71. The highest BCUT2D eigenvalue weighted by Crippen LogP contribution is 2.51. The number of alkyl halides is 3. The Labute approximate surface area is 243 Å². The molecule has 0 bridgehead atoms. The van der Waals surface area contributed by atoms with Gasteiger partial charge in [0.1, 0.15) is 11.6 Å². The maximum atomic E-state index is 14.9. The molecule has 1 unspecified atom stereocenters. The summed E-state index contributed by atoms with van der Waals surface area (Å²) in [7, 11) is 1.47. The van der Waals surface area contributed by atoms with Gasteiger partial charge in [0.2, 0.25) is 5.91 Å². The van der Waals surface area contributed by atoms with Crippen LogP contribution in [-0.4, -0.2) is 71.0 Å². The van der Waals surface area contributed by atoms with E-state index >= 15 is 0 Å². The lowest BCUT2D eigenvalue weighted by Crippen LogP contribution is -2.49. The second kappa shape index (κ2) is 10.5. The van der Waals surface area contributed by atoms with Gasteiger partial charge in [-0.05, 0) is 24.3 Å². The normalized spacial score (nSPS) is 17.3. The van der Waals surface area contributed by atoms with Crippen LogP contribution in [0.5, 0.6) is 0 Å². The van der Waals surface area contributed by atoms with Crippen molar-refractivity contribution in [2.24, 2.45) is 0 Å². The molecule has 1 N–H and O–H groups in total. The van der Waals surface area contributed by atoms with Gasteiger partial charge < -0.3 is 19.5 Å². The number of hydrogen-bond donors (Lipinski definition) is 1. The maximum Gasteiger partial charge on any atom is 0.417 e. The number of halogens is 4. The molecule has 4 heterocycles. The van der Waals surface area contributed by atoms with E-state index in [2.05, 4.69) is 16.5 Å². The summed E-state index contributed by atoms with van der Waals surface area (Å²) in [4.78, 5) is 47.4. The van der Waals surface area contributed by atoms with Crippen molar-refractivity contribution >= 4 is 55.9 Å². The second-order valence-electron chi connectivity index (χ2n) is 9.86. The minimum Gasteiger partial charge on any atom is -0.383 e. The molecule has 6 rings (SSSR count). The van der Waals surface area contributed by atoms with E-state index in [1.54, 1.807) is 9.80 Å². The van der Waals surface area contributed by atoms with Crippen molar-refractivity contribution in [3.63, 3.8) is 0 Å². The van der Waals surface area contributed by atoms with Crippen LogP contribution >= 0.6 is 23.1 Å². The molecule has 0 radical (unpaired) electrons. The van der Waals surface area contributed by atoms with Gasteiger partial charge in [0, 0.05) is 60.5 Å². The molecule has 2 aliphatic heterocycles. The minimum absolute atomic E-state index is 0.000537. The Hall–Kier alpha value is -3.69. The topological polar surface area (TPSA) is 101 Å². The molecule has 1 fully saturated rings. The van der Waals surface area contributed by atoms with Crippen LogP contribution in [0, 0.1) is 5.82 Å². The largest absolute Gasteiger partial charge is 0.417 e. The summed E-state index contributed by atoms with van der Waals surface area (Å²) in [5, 5.41) is 0.120. The van der Waals surface area contributed by atoms with E-state index in [-0.39, 0.29) is 87.4 Å². The lowest BCUT2D eigenvalue weighted by Gasteiger charge is -2.36. The zero-order valence-electron chi connectivity index (χ0n) is 22.1. The Morgan fingerprint density at radius 3 is 2.64 bits per heavy atom. The summed E-state index contributed by atoms with van der Waals surface area (Å²) in [5.74, 6) is -0.690. The van der Waals surface area contributed by atoms with Crippen LogP contribution in [-0.2, 0) is 15.7 Å². The molecule has 42 heavy (non-hydrogen) atoms. The third-order valence-electron chi connectivity index (χ3n) is 7.46. The van der Waals surface area contributed by atoms with Crippen LogP contribution in [0.1, 0.15) is 11.6 Å². The molecule has 2 aromatic heterocycles. The number of amides is 1. The number of thiazole rings is 1. The summed E-state index contributed by atoms with van der Waals surface area (Å²) in [6.07, 6.45) is -3.66. The Balaban J connectivity index is 1.67. The number of anilines is 1. The highest BCUT2D eigenvalue weighted by Gasteiger charge is 2.40. The molecular weight excluding hydrogens is 598 g/mol. The molecule has 0 aliphatic carbocycles. The number of H-pyrrole nitrogens is 1. The molecule has 0 saturated carbocycles. The van der Waals surface area contributed by atoms with E-state index in [0.717, 1.165) is 23.9 Å². The first-order chi connectivity index (χ1) is 20.0. The van der Waals surface area contributed by atoms with Gasteiger partial charge in [-0.1, -0.05) is 17.9 Å². The average Bonchev–Trinajstić information content (AvgIpc) is 3.37. The first-order valence-corrected chi connectivity index (χ1v) is 14.6. The van der Waals surface area contributed by atoms with Crippen molar-refractivity contribution in [1.29, 1.82) is 0 Å². The van der Waals surface area contributed by atoms with Crippen molar-refractivity contribution < 1.29 is 27.1 Å². The lowest BCUT2D eigenvalue weighted by atomic mass is 9.95. The van der Waals surface area contributed by atoms with E-state index in [1.807, 2.05) is 0 Å². The standard InChI is InChI=1S/C27H23F4N5O4S2/c1-3-18(37)34-6-8-35(9-7-34)24-15-10-16(27(29,30)31)19(14-4-5-17(28)22-20(14)32-26(39)42-22)23-21(15)36(25(38)33-24)13(11-40-2)12-41-23/h3-5,10,13H,1,6-9,11-12H2,2H3,(H,32,39). The number of aromatic amines is 1. The van der Waals surface area contributed by atoms with Gasteiger partial charge >= 0.3 is 16.7 Å². The molecule has 1 amide bonds. The SMILES string of the molecule is C=CC(=O)N1CCN(c2nc(=O)n3c4c(c(-c5ccc(F)c6sc(=O)[nH]c56)c(C(F)(F)F)cc24)SCC3COC)CC1. The van der Waals surface area contributed by atoms with Crippen molar-refractivity contribution in [3.05, 3.63) is 62.4 Å². The zero-order valence-corrected chi connectivity index (χ0v) is 23.7. The number of piperazine rings is 1. The summed E-state index contributed by atoms with van der Waals surface area (Å²) in [6.45, 7) is 4.65. The first-order valence-electron chi connectivity index (χ1n) is 12.8. The third kappa shape index (κ3) is 4.59. The van der Waals surface area contributed by atoms with Gasteiger partial charge in [0.05, 0.1) is 33.9 Å². The number of carbonyl (C=O) groups excluding carboxylic acids is 1. The predicted octanol–water partition coefficient (Wildman–Crippen LogP) is 4.25. The molecule has 2 aromatic carbocycles. The number of benzene rings is 2. The quantitative estimate of drug-likeness (QED) is 0.263. The fourth-order valence-corrected chi connectivity index (χ4v) is 7.70. The number of nitrogens with zero attached hydrogens (tertiary/aromatic N) is 4. The molecule has 1 saturated heterocycles. The number of thioether (sulfide) groups is 1. The number of fused-ring (bicyclic) bond motifs is 1. The number of carbonyl (C=O) groups is 1. The van der Waals surface area contributed by atoms with Crippen LogP contribution in [0.25, 0.3) is 32.2 Å². The number of ether oxygens (including phenoxy) is 1. The van der Waals surface area contributed by atoms with Crippen LogP contribution < -0.4 is 15.5 Å². The van der Waals surface area contributed by atoms with E-state index < -0.39 is 34.2 Å².